The highest BCUT2D eigenvalue weighted by Gasteiger charge is 2.17. The molecule has 0 atom stereocenters. The number of nitrogens with zero attached hydrogens (tertiary/aromatic N) is 5. The molecule has 0 aliphatic carbocycles. The van der Waals surface area contributed by atoms with Crippen LogP contribution in [-0.2, 0) is 19.6 Å². The van der Waals surface area contributed by atoms with Gasteiger partial charge in [0.1, 0.15) is 18.2 Å². The minimum atomic E-state index is 0.513. The van der Waals surface area contributed by atoms with E-state index in [0.717, 1.165) is 47.9 Å². The summed E-state index contributed by atoms with van der Waals surface area (Å²) in [6.07, 6.45) is 8.44. The number of aromatic nitrogens is 4. The molecule has 0 radical (unpaired) electrons. The molecule has 33 heavy (non-hydrogen) atoms. The van der Waals surface area contributed by atoms with Crippen LogP contribution in [0.2, 0.25) is 0 Å². The predicted molar refractivity (Wildman–Crippen MR) is 131 cm³/mol. The molecule has 1 aliphatic rings. The molecule has 0 unspecified atom stereocenters. The van der Waals surface area contributed by atoms with Crippen molar-refractivity contribution in [1.29, 1.82) is 0 Å². The van der Waals surface area contributed by atoms with Gasteiger partial charge in [-0.3, -0.25) is 0 Å². The summed E-state index contributed by atoms with van der Waals surface area (Å²) in [4.78, 5) is 11.8. The lowest BCUT2D eigenvalue weighted by Crippen LogP contribution is -2.30. The van der Waals surface area contributed by atoms with Crippen molar-refractivity contribution in [3.05, 3.63) is 77.6 Å². The van der Waals surface area contributed by atoms with Crippen molar-refractivity contribution in [3.8, 4) is 5.88 Å². The van der Waals surface area contributed by atoms with Crippen LogP contribution in [0, 0.1) is 0 Å². The third kappa shape index (κ3) is 4.92. The van der Waals surface area contributed by atoms with Crippen LogP contribution in [-0.4, -0.2) is 32.7 Å². The van der Waals surface area contributed by atoms with Gasteiger partial charge in [0.25, 0.3) is 0 Å². The van der Waals surface area contributed by atoms with Gasteiger partial charge in [0.05, 0.1) is 6.20 Å². The van der Waals surface area contributed by atoms with E-state index in [-0.39, 0.29) is 0 Å². The summed E-state index contributed by atoms with van der Waals surface area (Å²) in [6, 6.07) is 16.2. The molecule has 1 fully saturated rings. The number of anilines is 2. The number of benzene rings is 1. The fraction of sp³-hybridized carbons (Fsp3) is 0.346. The summed E-state index contributed by atoms with van der Waals surface area (Å²) in [6.45, 7) is 5.43. The van der Waals surface area contributed by atoms with E-state index in [4.69, 9.17) is 9.72 Å². The molecular formula is C26H30N6O. The zero-order valence-corrected chi connectivity index (χ0v) is 19.1. The van der Waals surface area contributed by atoms with Gasteiger partial charge in [-0.2, -0.15) is 9.61 Å². The molecule has 0 spiro atoms. The Morgan fingerprint density at radius 1 is 0.970 bits per heavy atom. The molecule has 0 amide bonds. The van der Waals surface area contributed by atoms with E-state index >= 15 is 0 Å². The zero-order chi connectivity index (χ0) is 22.5. The van der Waals surface area contributed by atoms with E-state index in [0.29, 0.717) is 19.0 Å². The number of fused-ring (bicyclic) bond motifs is 1. The number of hydrogen-bond donors (Lipinski definition) is 1. The number of ether oxygens (including phenoxy) is 1. The molecular weight excluding hydrogens is 412 g/mol. The average Bonchev–Trinajstić information content (AvgIpc) is 3.31. The second kappa shape index (κ2) is 9.90. The van der Waals surface area contributed by atoms with E-state index in [1.54, 1.807) is 0 Å². The Hall–Kier alpha value is -3.61. The summed E-state index contributed by atoms with van der Waals surface area (Å²) < 4.78 is 7.72. The van der Waals surface area contributed by atoms with Crippen LogP contribution < -0.4 is 15.0 Å². The third-order valence-electron chi connectivity index (χ3n) is 6.09. The van der Waals surface area contributed by atoms with Crippen LogP contribution in [0.1, 0.15) is 42.9 Å². The Morgan fingerprint density at radius 2 is 1.82 bits per heavy atom. The van der Waals surface area contributed by atoms with Crippen LogP contribution in [0.25, 0.3) is 5.65 Å². The smallest absolute Gasteiger partial charge is 0.213 e. The second-order valence-electron chi connectivity index (χ2n) is 8.44. The second-order valence-corrected chi connectivity index (χ2v) is 8.44. The SMILES string of the molecule is CCc1cnn2c(NCc3ccc(OCc4ccccc4)nc3)cc(N3CCCCC3)nc12. The summed E-state index contributed by atoms with van der Waals surface area (Å²) in [5, 5.41) is 8.14. The molecule has 0 bridgehead atoms. The lowest BCUT2D eigenvalue weighted by molar-refractivity contribution is 0.294. The van der Waals surface area contributed by atoms with Gasteiger partial charge >= 0.3 is 0 Å². The number of piperidine rings is 1. The number of nitrogens with one attached hydrogen (secondary N) is 1. The van der Waals surface area contributed by atoms with Gasteiger partial charge in [0.15, 0.2) is 5.65 Å². The summed E-state index contributed by atoms with van der Waals surface area (Å²) in [5.41, 5.74) is 4.31. The molecule has 1 N–H and O–H groups in total. The average molecular weight is 443 g/mol. The fourth-order valence-corrected chi connectivity index (χ4v) is 4.18. The zero-order valence-electron chi connectivity index (χ0n) is 19.1. The first-order valence-corrected chi connectivity index (χ1v) is 11.8. The maximum atomic E-state index is 5.81. The minimum absolute atomic E-state index is 0.513. The van der Waals surface area contributed by atoms with Gasteiger partial charge in [-0.1, -0.05) is 43.3 Å². The molecule has 1 saturated heterocycles. The molecule has 5 rings (SSSR count). The predicted octanol–water partition coefficient (Wildman–Crippen LogP) is 4.87. The Labute approximate surface area is 194 Å². The van der Waals surface area contributed by atoms with Crippen molar-refractivity contribution in [1.82, 2.24) is 19.6 Å². The van der Waals surface area contributed by atoms with Crippen LogP contribution in [0.3, 0.4) is 0 Å². The first kappa shape index (κ1) is 21.2. The lowest BCUT2D eigenvalue weighted by Gasteiger charge is -2.28. The van der Waals surface area contributed by atoms with Crippen LogP contribution in [0.15, 0.2) is 60.9 Å². The van der Waals surface area contributed by atoms with E-state index in [9.17, 15) is 0 Å². The van der Waals surface area contributed by atoms with Crippen molar-refractivity contribution >= 4 is 17.3 Å². The van der Waals surface area contributed by atoms with E-state index in [2.05, 4.69) is 33.3 Å². The summed E-state index contributed by atoms with van der Waals surface area (Å²) in [7, 11) is 0. The summed E-state index contributed by atoms with van der Waals surface area (Å²) in [5.74, 6) is 2.60. The van der Waals surface area contributed by atoms with Gasteiger partial charge in [-0.15, -0.1) is 0 Å². The molecule has 4 heterocycles. The quantitative estimate of drug-likeness (QED) is 0.420. The molecule has 7 nitrogen and oxygen atoms in total. The van der Waals surface area contributed by atoms with Gasteiger partial charge in [0.2, 0.25) is 5.88 Å². The van der Waals surface area contributed by atoms with Crippen molar-refractivity contribution in [2.75, 3.05) is 23.3 Å². The largest absolute Gasteiger partial charge is 0.473 e. The van der Waals surface area contributed by atoms with Crippen LogP contribution >= 0.6 is 0 Å². The van der Waals surface area contributed by atoms with Crippen molar-refractivity contribution in [3.63, 3.8) is 0 Å². The Morgan fingerprint density at radius 3 is 2.58 bits per heavy atom. The minimum Gasteiger partial charge on any atom is -0.473 e. The van der Waals surface area contributed by atoms with E-state index in [1.165, 1.54) is 24.8 Å². The Kier molecular flexibility index (Phi) is 6.37. The van der Waals surface area contributed by atoms with Crippen molar-refractivity contribution in [2.24, 2.45) is 0 Å². The molecule has 170 valence electrons. The monoisotopic (exact) mass is 442 g/mol. The Balaban J connectivity index is 1.30. The van der Waals surface area contributed by atoms with Gasteiger partial charge < -0.3 is 15.0 Å². The number of aryl methyl sites for hydroxylation is 1. The molecule has 3 aromatic heterocycles. The first-order valence-electron chi connectivity index (χ1n) is 11.8. The van der Waals surface area contributed by atoms with Gasteiger partial charge in [0, 0.05) is 43.5 Å². The van der Waals surface area contributed by atoms with E-state index < -0.39 is 0 Å². The lowest BCUT2D eigenvalue weighted by atomic mass is 10.1. The highest BCUT2D eigenvalue weighted by atomic mass is 16.5. The molecule has 1 aromatic carbocycles. The summed E-state index contributed by atoms with van der Waals surface area (Å²) >= 11 is 0. The standard InChI is InChI=1S/C26H30N6O/c1-2-22-18-29-32-23(15-24(30-26(22)32)31-13-7-4-8-14-31)27-16-21-11-12-25(28-17-21)33-19-20-9-5-3-6-10-20/h3,5-6,9-12,15,17-18,27H,2,4,7-8,13-14,16,19H2,1H3. The van der Waals surface area contributed by atoms with Crippen molar-refractivity contribution < 1.29 is 4.74 Å². The first-order chi connectivity index (χ1) is 16.3. The number of rotatable bonds is 8. The topological polar surface area (TPSA) is 67.6 Å². The van der Waals surface area contributed by atoms with Gasteiger partial charge in [-0.05, 0) is 36.8 Å². The van der Waals surface area contributed by atoms with Gasteiger partial charge in [-0.25, -0.2) is 9.97 Å². The maximum absolute atomic E-state index is 5.81. The Bertz CT molecular complexity index is 1180. The van der Waals surface area contributed by atoms with E-state index in [1.807, 2.05) is 59.4 Å². The normalized spacial score (nSPS) is 13.9. The molecule has 7 heteroatoms. The van der Waals surface area contributed by atoms with Crippen LogP contribution in [0.4, 0.5) is 11.6 Å². The number of hydrogen-bond acceptors (Lipinski definition) is 6. The van der Waals surface area contributed by atoms with Crippen LogP contribution in [0.5, 0.6) is 5.88 Å². The number of pyridine rings is 1. The van der Waals surface area contributed by atoms with Crippen molar-refractivity contribution in [2.45, 2.75) is 45.8 Å². The highest BCUT2D eigenvalue weighted by Crippen LogP contribution is 2.25. The molecule has 1 aliphatic heterocycles. The highest BCUT2D eigenvalue weighted by molar-refractivity contribution is 5.61. The fourth-order valence-electron chi connectivity index (χ4n) is 4.18. The third-order valence-corrected chi connectivity index (χ3v) is 6.09. The molecule has 4 aromatic rings. The maximum Gasteiger partial charge on any atom is 0.213 e. The molecule has 0 saturated carbocycles.